The van der Waals surface area contributed by atoms with E-state index in [9.17, 15) is 19.2 Å². The Morgan fingerprint density at radius 1 is 0.769 bits per heavy atom. The molecule has 0 bridgehead atoms. The molecule has 0 aliphatic rings. The molecule has 0 atom stereocenters. The van der Waals surface area contributed by atoms with E-state index in [0.717, 1.165) is 21.8 Å². The average molecular weight is 527 g/mol. The van der Waals surface area contributed by atoms with Gasteiger partial charge in [0.15, 0.2) is 0 Å². The number of carbonyl (C=O) groups excluding carboxylic acids is 2. The third-order valence-electron chi connectivity index (χ3n) is 5.70. The van der Waals surface area contributed by atoms with E-state index < -0.39 is 23.4 Å². The lowest BCUT2D eigenvalue weighted by molar-refractivity contribution is -0.138. The monoisotopic (exact) mass is 526 g/mol. The topological polar surface area (TPSA) is 106 Å². The molecule has 0 aliphatic carbocycles. The number of esters is 1. The van der Waals surface area contributed by atoms with Gasteiger partial charge in [0.2, 0.25) is 5.88 Å². The standard InChI is InChI=1S/C30H26N2O7/c1-2-26(33)37-18-19-38-30(36)39-28-25(20-22-12-6-3-7-13-22)27(34)31(21-23-14-8-4-9-15-23)29(35)32(28)24-16-10-5-11-17-24/h2-17H,1,18-21H2. The third kappa shape index (κ3) is 6.78. The van der Waals surface area contributed by atoms with Gasteiger partial charge in [-0.05, 0) is 23.3 Å². The molecular formula is C30H26N2O7. The first-order valence-electron chi connectivity index (χ1n) is 12.1. The van der Waals surface area contributed by atoms with E-state index in [4.69, 9.17) is 14.2 Å². The summed E-state index contributed by atoms with van der Waals surface area (Å²) < 4.78 is 17.7. The molecule has 0 spiro atoms. The van der Waals surface area contributed by atoms with E-state index in [1.807, 2.05) is 60.7 Å². The lowest BCUT2D eigenvalue weighted by Gasteiger charge is -2.19. The van der Waals surface area contributed by atoms with Gasteiger partial charge in [0.25, 0.3) is 5.56 Å². The fourth-order valence-electron chi connectivity index (χ4n) is 3.89. The lowest BCUT2D eigenvalue weighted by Crippen LogP contribution is -2.42. The quantitative estimate of drug-likeness (QED) is 0.175. The van der Waals surface area contributed by atoms with E-state index in [2.05, 4.69) is 6.58 Å². The lowest BCUT2D eigenvalue weighted by atomic mass is 10.1. The number of aromatic nitrogens is 2. The first kappa shape index (κ1) is 26.9. The molecule has 0 saturated heterocycles. The highest BCUT2D eigenvalue weighted by Crippen LogP contribution is 2.22. The van der Waals surface area contributed by atoms with Crippen molar-refractivity contribution >= 4 is 12.1 Å². The Bertz CT molecular complexity index is 1560. The molecule has 0 saturated carbocycles. The summed E-state index contributed by atoms with van der Waals surface area (Å²) in [6, 6.07) is 26.8. The highest BCUT2D eigenvalue weighted by Gasteiger charge is 2.25. The van der Waals surface area contributed by atoms with Crippen LogP contribution < -0.4 is 16.0 Å². The fourth-order valence-corrected chi connectivity index (χ4v) is 3.89. The highest BCUT2D eigenvalue weighted by molar-refractivity contribution is 5.81. The fraction of sp³-hybridized carbons (Fsp3) is 0.133. The number of carbonyl (C=O) groups is 2. The van der Waals surface area contributed by atoms with Gasteiger partial charge in [-0.2, -0.15) is 0 Å². The molecule has 3 aromatic carbocycles. The molecule has 0 N–H and O–H groups in total. The van der Waals surface area contributed by atoms with Gasteiger partial charge in [-0.3, -0.25) is 9.36 Å². The first-order chi connectivity index (χ1) is 19.0. The molecule has 9 nitrogen and oxygen atoms in total. The van der Waals surface area contributed by atoms with E-state index in [1.54, 1.807) is 30.3 Å². The van der Waals surface area contributed by atoms with Gasteiger partial charge in [0, 0.05) is 12.5 Å². The first-order valence-corrected chi connectivity index (χ1v) is 12.1. The minimum atomic E-state index is -1.16. The van der Waals surface area contributed by atoms with Crippen LogP contribution in [-0.2, 0) is 27.2 Å². The van der Waals surface area contributed by atoms with Gasteiger partial charge in [-0.1, -0.05) is 85.4 Å². The van der Waals surface area contributed by atoms with Gasteiger partial charge in [-0.15, -0.1) is 0 Å². The molecule has 0 unspecified atom stereocenters. The summed E-state index contributed by atoms with van der Waals surface area (Å²) in [6.07, 6.45) is -0.0959. The molecule has 39 heavy (non-hydrogen) atoms. The van der Waals surface area contributed by atoms with Crippen LogP contribution in [0.5, 0.6) is 5.88 Å². The number of hydrogen-bond donors (Lipinski definition) is 0. The third-order valence-corrected chi connectivity index (χ3v) is 5.70. The van der Waals surface area contributed by atoms with E-state index in [1.165, 1.54) is 4.57 Å². The summed E-state index contributed by atoms with van der Waals surface area (Å²) in [5, 5.41) is 0. The van der Waals surface area contributed by atoms with Crippen LogP contribution in [0.15, 0.2) is 113 Å². The SMILES string of the molecule is C=CC(=O)OCCOC(=O)Oc1c(Cc2ccccc2)c(=O)n(Cc2ccccc2)c(=O)n1-c1ccccc1. The zero-order valence-corrected chi connectivity index (χ0v) is 21.0. The Hall–Kier alpha value is -5.18. The van der Waals surface area contributed by atoms with E-state index in [-0.39, 0.29) is 37.6 Å². The molecule has 0 amide bonds. The van der Waals surface area contributed by atoms with E-state index in [0.29, 0.717) is 5.69 Å². The minimum Gasteiger partial charge on any atom is -0.459 e. The predicted molar refractivity (Wildman–Crippen MR) is 144 cm³/mol. The van der Waals surface area contributed by atoms with Gasteiger partial charge < -0.3 is 14.2 Å². The van der Waals surface area contributed by atoms with Gasteiger partial charge in [0.05, 0.1) is 17.8 Å². The van der Waals surface area contributed by atoms with Gasteiger partial charge in [-0.25, -0.2) is 19.0 Å². The normalized spacial score (nSPS) is 10.5. The second-order valence-electron chi connectivity index (χ2n) is 8.35. The Morgan fingerprint density at radius 2 is 1.33 bits per heavy atom. The summed E-state index contributed by atoms with van der Waals surface area (Å²) in [5.41, 5.74) is 0.729. The summed E-state index contributed by atoms with van der Waals surface area (Å²) in [5.74, 6) is -0.922. The van der Waals surface area contributed by atoms with Crippen molar-refractivity contribution in [2.45, 2.75) is 13.0 Å². The molecule has 198 valence electrons. The van der Waals surface area contributed by atoms with Crippen LogP contribution in [0.2, 0.25) is 0 Å². The van der Waals surface area contributed by atoms with Crippen molar-refractivity contribution < 1.29 is 23.8 Å². The van der Waals surface area contributed by atoms with Crippen LogP contribution in [0.1, 0.15) is 16.7 Å². The highest BCUT2D eigenvalue weighted by atomic mass is 16.7. The Morgan fingerprint density at radius 3 is 1.95 bits per heavy atom. The smallest absolute Gasteiger partial charge is 0.459 e. The largest absolute Gasteiger partial charge is 0.515 e. The van der Waals surface area contributed by atoms with Crippen molar-refractivity contribution in [3.8, 4) is 11.6 Å². The predicted octanol–water partition coefficient (Wildman–Crippen LogP) is 3.88. The Labute approximate surface area is 224 Å². The Balaban J connectivity index is 1.82. The molecule has 0 fully saturated rings. The molecule has 1 heterocycles. The van der Waals surface area contributed by atoms with Crippen LogP contribution in [0, 0.1) is 0 Å². The van der Waals surface area contributed by atoms with Crippen molar-refractivity contribution in [3.63, 3.8) is 0 Å². The Kier molecular flexibility index (Phi) is 8.87. The molecule has 4 rings (SSSR count). The van der Waals surface area contributed by atoms with Gasteiger partial charge >= 0.3 is 17.8 Å². The van der Waals surface area contributed by atoms with Crippen LogP contribution in [-0.4, -0.2) is 34.5 Å². The van der Waals surface area contributed by atoms with Crippen molar-refractivity contribution in [2.75, 3.05) is 13.2 Å². The van der Waals surface area contributed by atoms with Crippen molar-refractivity contribution in [1.82, 2.24) is 9.13 Å². The molecule has 9 heteroatoms. The van der Waals surface area contributed by atoms with Gasteiger partial charge in [0.1, 0.15) is 13.2 Å². The zero-order chi connectivity index (χ0) is 27.6. The number of hydrogen-bond acceptors (Lipinski definition) is 7. The van der Waals surface area contributed by atoms with Crippen molar-refractivity contribution in [1.29, 1.82) is 0 Å². The van der Waals surface area contributed by atoms with Crippen molar-refractivity contribution in [2.24, 2.45) is 0 Å². The van der Waals surface area contributed by atoms with Crippen LogP contribution in [0.3, 0.4) is 0 Å². The van der Waals surface area contributed by atoms with E-state index >= 15 is 0 Å². The van der Waals surface area contributed by atoms with Crippen LogP contribution in [0.4, 0.5) is 4.79 Å². The number of nitrogens with zero attached hydrogens (tertiary/aromatic N) is 2. The maximum Gasteiger partial charge on any atom is 0.515 e. The maximum absolute atomic E-state index is 13.8. The summed E-state index contributed by atoms with van der Waals surface area (Å²) in [4.78, 5) is 51.5. The summed E-state index contributed by atoms with van der Waals surface area (Å²) in [6.45, 7) is 2.79. The number of benzene rings is 3. The maximum atomic E-state index is 13.8. The van der Waals surface area contributed by atoms with Crippen LogP contribution >= 0.6 is 0 Å². The second kappa shape index (κ2) is 12.9. The summed E-state index contributed by atoms with van der Waals surface area (Å²) in [7, 11) is 0. The molecule has 0 radical (unpaired) electrons. The average Bonchev–Trinajstić information content (AvgIpc) is 2.97. The molecule has 0 aliphatic heterocycles. The molecule has 1 aromatic heterocycles. The number of para-hydroxylation sites is 1. The summed E-state index contributed by atoms with van der Waals surface area (Å²) >= 11 is 0. The van der Waals surface area contributed by atoms with Crippen molar-refractivity contribution in [3.05, 3.63) is 141 Å². The zero-order valence-electron chi connectivity index (χ0n) is 21.0. The van der Waals surface area contributed by atoms with Crippen LogP contribution in [0.25, 0.3) is 5.69 Å². The molecule has 4 aromatic rings. The minimum absolute atomic E-state index is 0.0204. The number of rotatable bonds is 10. The number of ether oxygens (including phenoxy) is 3. The second-order valence-corrected chi connectivity index (χ2v) is 8.35. The molecular weight excluding hydrogens is 500 g/mol.